The fourth-order valence-electron chi connectivity index (χ4n) is 1.98. The van der Waals surface area contributed by atoms with E-state index in [1.165, 1.54) is 23.1 Å². The molecule has 0 fully saturated rings. The van der Waals surface area contributed by atoms with Gasteiger partial charge in [0.25, 0.3) is 0 Å². The molecule has 2 aromatic carbocycles. The summed E-state index contributed by atoms with van der Waals surface area (Å²) >= 11 is 1.68. The minimum atomic E-state index is -0.332. The van der Waals surface area contributed by atoms with Gasteiger partial charge >= 0.3 is 0 Å². The molecule has 22 heavy (non-hydrogen) atoms. The summed E-state index contributed by atoms with van der Waals surface area (Å²) in [5.74, 6) is -0.487. The van der Waals surface area contributed by atoms with E-state index in [4.69, 9.17) is 0 Å². The van der Waals surface area contributed by atoms with Crippen LogP contribution in [0.3, 0.4) is 0 Å². The van der Waals surface area contributed by atoms with Gasteiger partial charge in [-0.1, -0.05) is 30.3 Å². The first kappa shape index (κ1) is 16.3. The number of carbonyl (C=O) groups excluding carboxylic acids is 1. The minimum absolute atomic E-state index is 0.155. The number of carbonyl (C=O) groups is 1. The van der Waals surface area contributed by atoms with Gasteiger partial charge in [0.05, 0.1) is 0 Å². The van der Waals surface area contributed by atoms with E-state index in [1.807, 2.05) is 30.5 Å². The van der Waals surface area contributed by atoms with Crippen molar-refractivity contribution < 1.29 is 9.18 Å². The molecular weight excluding hydrogens is 297 g/mol. The Balaban J connectivity index is 1.98. The first-order chi connectivity index (χ1) is 10.6. The van der Waals surface area contributed by atoms with Crippen molar-refractivity contribution in [3.8, 4) is 0 Å². The molecule has 0 spiro atoms. The van der Waals surface area contributed by atoms with Crippen LogP contribution in [0.25, 0.3) is 6.08 Å². The van der Waals surface area contributed by atoms with Crippen LogP contribution < -0.4 is 0 Å². The van der Waals surface area contributed by atoms with Crippen LogP contribution in [-0.2, 0) is 11.3 Å². The largest absolute Gasteiger partial charge is 0.338 e. The first-order valence-corrected chi connectivity index (χ1v) is 8.13. The maximum atomic E-state index is 13.5. The van der Waals surface area contributed by atoms with Crippen molar-refractivity contribution in [2.24, 2.45) is 0 Å². The van der Waals surface area contributed by atoms with Gasteiger partial charge in [0.2, 0.25) is 5.91 Å². The highest BCUT2D eigenvalue weighted by atomic mass is 32.2. The van der Waals surface area contributed by atoms with E-state index in [0.29, 0.717) is 12.1 Å². The molecule has 0 radical (unpaired) electrons. The lowest BCUT2D eigenvalue weighted by molar-refractivity contribution is -0.125. The van der Waals surface area contributed by atoms with Crippen LogP contribution in [0.4, 0.5) is 4.39 Å². The van der Waals surface area contributed by atoms with Crippen LogP contribution in [-0.4, -0.2) is 24.1 Å². The molecule has 0 aromatic heterocycles. The van der Waals surface area contributed by atoms with Gasteiger partial charge in [-0.25, -0.2) is 4.39 Å². The smallest absolute Gasteiger partial charge is 0.246 e. The number of likely N-dealkylation sites (N-methyl/N-ethyl adjacent to an activating group) is 1. The summed E-state index contributed by atoms with van der Waals surface area (Å²) in [7, 11) is 1.73. The zero-order valence-electron chi connectivity index (χ0n) is 12.6. The number of hydrogen-bond donors (Lipinski definition) is 0. The van der Waals surface area contributed by atoms with Gasteiger partial charge in [0.15, 0.2) is 0 Å². The number of benzene rings is 2. The Labute approximate surface area is 134 Å². The summed E-state index contributed by atoms with van der Waals surface area (Å²) in [6, 6.07) is 14.5. The number of nitrogens with zero attached hydrogens (tertiary/aromatic N) is 1. The van der Waals surface area contributed by atoms with Crippen LogP contribution in [0.15, 0.2) is 59.5 Å². The summed E-state index contributed by atoms with van der Waals surface area (Å²) < 4.78 is 13.5. The van der Waals surface area contributed by atoms with E-state index in [1.54, 1.807) is 41.9 Å². The van der Waals surface area contributed by atoms with Crippen LogP contribution in [0.1, 0.15) is 11.1 Å². The van der Waals surface area contributed by atoms with E-state index in [0.717, 1.165) is 5.56 Å². The predicted molar refractivity (Wildman–Crippen MR) is 90.1 cm³/mol. The van der Waals surface area contributed by atoms with E-state index in [2.05, 4.69) is 0 Å². The highest BCUT2D eigenvalue weighted by molar-refractivity contribution is 7.98. The number of hydrogen-bond acceptors (Lipinski definition) is 2. The van der Waals surface area contributed by atoms with Crippen molar-refractivity contribution in [3.05, 3.63) is 71.6 Å². The summed E-state index contributed by atoms with van der Waals surface area (Å²) in [6.07, 6.45) is 4.93. The average molecular weight is 315 g/mol. The summed E-state index contributed by atoms with van der Waals surface area (Å²) in [4.78, 5) is 14.9. The van der Waals surface area contributed by atoms with Crippen molar-refractivity contribution in [1.29, 1.82) is 0 Å². The quantitative estimate of drug-likeness (QED) is 0.608. The molecule has 0 saturated heterocycles. The third-order valence-electron chi connectivity index (χ3n) is 3.27. The zero-order valence-corrected chi connectivity index (χ0v) is 13.4. The Kier molecular flexibility index (Phi) is 5.78. The van der Waals surface area contributed by atoms with Crippen molar-refractivity contribution in [2.45, 2.75) is 11.4 Å². The molecule has 0 bridgehead atoms. The van der Waals surface area contributed by atoms with Crippen LogP contribution in [0, 0.1) is 5.82 Å². The highest BCUT2D eigenvalue weighted by Gasteiger charge is 2.06. The minimum Gasteiger partial charge on any atom is -0.338 e. The molecule has 0 saturated carbocycles. The fraction of sp³-hybridized carbons (Fsp3) is 0.167. The Morgan fingerprint density at radius 1 is 1.18 bits per heavy atom. The Morgan fingerprint density at radius 3 is 2.50 bits per heavy atom. The van der Waals surface area contributed by atoms with Gasteiger partial charge in [-0.15, -0.1) is 11.8 Å². The number of amides is 1. The molecular formula is C18H18FNOS. The molecule has 2 rings (SSSR count). The Hall–Kier alpha value is -2.07. The van der Waals surface area contributed by atoms with Crippen LogP contribution in [0.5, 0.6) is 0 Å². The SMILES string of the molecule is CSc1ccc(CN(C)C(=O)/C=C/c2ccccc2F)cc1. The summed E-state index contributed by atoms with van der Waals surface area (Å²) in [5.41, 5.74) is 1.47. The van der Waals surface area contributed by atoms with Crippen LogP contribution >= 0.6 is 11.8 Å². The van der Waals surface area contributed by atoms with Crippen molar-refractivity contribution >= 4 is 23.7 Å². The Morgan fingerprint density at radius 2 is 1.86 bits per heavy atom. The second-order valence-electron chi connectivity index (χ2n) is 4.90. The van der Waals surface area contributed by atoms with Crippen molar-refractivity contribution in [1.82, 2.24) is 4.90 Å². The molecule has 0 N–H and O–H groups in total. The lowest BCUT2D eigenvalue weighted by atomic mass is 10.2. The zero-order chi connectivity index (χ0) is 15.9. The lowest BCUT2D eigenvalue weighted by Gasteiger charge is -2.15. The Bertz CT molecular complexity index is 667. The molecule has 0 atom stereocenters. The third-order valence-corrected chi connectivity index (χ3v) is 4.01. The third kappa shape index (κ3) is 4.46. The second-order valence-corrected chi connectivity index (χ2v) is 5.78. The summed E-state index contributed by atoms with van der Waals surface area (Å²) in [5, 5.41) is 0. The molecule has 2 aromatic rings. The first-order valence-electron chi connectivity index (χ1n) is 6.91. The molecule has 0 unspecified atom stereocenters. The number of rotatable bonds is 5. The van der Waals surface area contributed by atoms with Crippen molar-refractivity contribution in [3.63, 3.8) is 0 Å². The molecule has 0 heterocycles. The van der Waals surface area contributed by atoms with E-state index in [9.17, 15) is 9.18 Å². The standard InChI is InChI=1S/C18H18FNOS/c1-20(13-14-7-10-16(22-2)11-8-14)18(21)12-9-15-5-3-4-6-17(15)19/h3-12H,13H2,1-2H3/b12-9+. The molecule has 114 valence electrons. The van der Waals surface area contributed by atoms with E-state index < -0.39 is 0 Å². The summed E-state index contributed by atoms with van der Waals surface area (Å²) in [6.45, 7) is 0.523. The van der Waals surface area contributed by atoms with Crippen LogP contribution in [0.2, 0.25) is 0 Å². The van der Waals surface area contributed by atoms with Gasteiger partial charge < -0.3 is 4.90 Å². The van der Waals surface area contributed by atoms with E-state index in [-0.39, 0.29) is 11.7 Å². The maximum absolute atomic E-state index is 13.5. The van der Waals surface area contributed by atoms with Gasteiger partial charge in [-0.05, 0) is 36.1 Å². The fourth-order valence-corrected chi connectivity index (χ4v) is 2.39. The number of thioether (sulfide) groups is 1. The molecule has 0 aliphatic rings. The number of halogens is 1. The molecule has 4 heteroatoms. The monoisotopic (exact) mass is 315 g/mol. The molecule has 1 amide bonds. The van der Waals surface area contributed by atoms with Gasteiger partial charge in [-0.3, -0.25) is 4.79 Å². The molecule has 0 aliphatic carbocycles. The maximum Gasteiger partial charge on any atom is 0.246 e. The van der Waals surface area contributed by atoms with Crippen molar-refractivity contribution in [2.75, 3.05) is 13.3 Å². The molecule has 2 nitrogen and oxygen atoms in total. The predicted octanol–water partition coefficient (Wildman–Crippen LogP) is 4.22. The average Bonchev–Trinajstić information content (AvgIpc) is 2.54. The highest BCUT2D eigenvalue weighted by Crippen LogP contribution is 2.16. The normalized spacial score (nSPS) is 10.9. The second kappa shape index (κ2) is 7.80. The van der Waals surface area contributed by atoms with Gasteiger partial charge in [0, 0.05) is 30.1 Å². The topological polar surface area (TPSA) is 20.3 Å². The lowest BCUT2D eigenvalue weighted by Crippen LogP contribution is -2.24. The van der Waals surface area contributed by atoms with E-state index >= 15 is 0 Å². The molecule has 0 aliphatic heterocycles. The van der Waals surface area contributed by atoms with Gasteiger partial charge in [0.1, 0.15) is 5.82 Å². The van der Waals surface area contributed by atoms with Gasteiger partial charge in [-0.2, -0.15) is 0 Å².